The average molecular weight is 479 g/mol. The zero-order valence-corrected chi connectivity index (χ0v) is 20.4. The van der Waals surface area contributed by atoms with E-state index in [0.29, 0.717) is 25.2 Å². The lowest BCUT2D eigenvalue weighted by molar-refractivity contribution is -0.151. The van der Waals surface area contributed by atoms with E-state index in [1.807, 2.05) is 36.4 Å². The number of aliphatic carboxylic acids is 1. The first kappa shape index (κ1) is 24.8. The van der Waals surface area contributed by atoms with Gasteiger partial charge in [0, 0.05) is 12.5 Å². The Morgan fingerprint density at radius 1 is 1.03 bits per heavy atom. The van der Waals surface area contributed by atoms with Crippen LogP contribution in [0.3, 0.4) is 0 Å². The van der Waals surface area contributed by atoms with Gasteiger partial charge in [0.05, 0.1) is 5.41 Å². The van der Waals surface area contributed by atoms with Crippen LogP contribution in [0.25, 0.3) is 11.1 Å². The van der Waals surface area contributed by atoms with Crippen molar-refractivity contribution < 1.29 is 24.2 Å². The molecule has 2 amide bonds. The predicted molar refractivity (Wildman–Crippen MR) is 133 cm³/mol. The van der Waals surface area contributed by atoms with Gasteiger partial charge in [-0.2, -0.15) is 0 Å². The van der Waals surface area contributed by atoms with Crippen LogP contribution in [0.4, 0.5) is 4.79 Å². The van der Waals surface area contributed by atoms with Crippen LogP contribution in [0, 0.1) is 11.3 Å². The van der Waals surface area contributed by atoms with Gasteiger partial charge >= 0.3 is 12.1 Å². The van der Waals surface area contributed by atoms with E-state index in [1.54, 1.807) is 6.92 Å². The first-order chi connectivity index (χ1) is 16.8. The number of carbonyl (C=O) groups is 3. The molecule has 0 aliphatic heterocycles. The number of carbonyl (C=O) groups excluding carboxylic acids is 2. The Kier molecular flexibility index (Phi) is 7.43. The fourth-order valence-electron chi connectivity index (χ4n) is 5.30. The highest BCUT2D eigenvalue weighted by molar-refractivity contribution is 5.86. The standard InChI is InChI=1S/C28H34N2O5/c1-3-24(25(31)29-17-28(26(32)33)14-12-18(2)13-15-28)30-27(34)35-16-23-21-10-6-4-8-19(21)20-9-5-7-11-22(20)23/h4-11,18,23-24H,3,12-17H2,1-2H3,(H,29,31)(H,30,34)(H,32,33). The molecule has 35 heavy (non-hydrogen) atoms. The van der Waals surface area contributed by atoms with Crippen molar-refractivity contribution in [2.75, 3.05) is 13.2 Å². The van der Waals surface area contributed by atoms with Crippen LogP contribution in [0.15, 0.2) is 48.5 Å². The third-order valence-corrected chi connectivity index (χ3v) is 7.65. The van der Waals surface area contributed by atoms with Crippen LogP contribution in [0.1, 0.15) is 63.0 Å². The maximum Gasteiger partial charge on any atom is 0.407 e. The highest BCUT2D eigenvalue weighted by Gasteiger charge is 2.41. The largest absolute Gasteiger partial charge is 0.481 e. The molecule has 0 aromatic heterocycles. The molecule has 7 heteroatoms. The lowest BCUT2D eigenvalue weighted by Crippen LogP contribution is -2.51. The molecule has 0 bridgehead atoms. The molecule has 4 rings (SSSR count). The molecule has 2 aromatic rings. The Labute approximate surface area is 206 Å². The fourth-order valence-corrected chi connectivity index (χ4v) is 5.30. The number of benzene rings is 2. The minimum atomic E-state index is -0.940. The highest BCUT2D eigenvalue weighted by Crippen LogP contribution is 2.44. The molecule has 2 aliphatic carbocycles. The Morgan fingerprint density at radius 3 is 2.14 bits per heavy atom. The van der Waals surface area contributed by atoms with Crippen molar-refractivity contribution in [3.63, 3.8) is 0 Å². The summed E-state index contributed by atoms with van der Waals surface area (Å²) >= 11 is 0. The molecular weight excluding hydrogens is 444 g/mol. The van der Waals surface area contributed by atoms with Crippen LogP contribution in [-0.4, -0.2) is 42.3 Å². The minimum absolute atomic E-state index is 0.0637. The van der Waals surface area contributed by atoms with Crippen LogP contribution >= 0.6 is 0 Å². The van der Waals surface area contributed by atoms with Crippen LogP contribution in [0.5, 0.6) is 0 Å². The summed E-state index contributed by atoms with van der Waals surface area (Å²) in [6, 6.07) is 15.4. The summed E-state index contributed by atoms with van der Waals surface area (Å²) in [4.78, 5) is 37.4. The first-order valence-electron chi connectivity index (χ1n) is 12.5. The first-order valence-corrected chi connectivity index (χ1v) is 12.5. The summed E-state index contributed by atoms with van der Waals surface area (Å²) in [6.45, 7) is 4.15. The molecule has 1 fully saturated rings. The van der Waals surface area contributed by atoms with Gasteiger partial charge in [0.1, 0.15) is 12.6 Å². The summed E-state index contributed by atoms with van der Waals surface area (Å²) in [7, 11) is 0. The van der Waals surface area contributed by atoms with Crippen LogP contribution < -0.4 is 10.6 Å². The molecule has 0 heterocycles. The molecule has 2 aromatic carbocycles. The summed E-state index contributed by atoms with van der Waals surface area (Å²) < 4.78 is 5.56. The molecular formula is C28H34N2O5. The van der Waals surface area contributed by atoms with E-state index >= 15 is 0 Å². The zero-order valence-electron chi connectivity index (χ0n) is 20.4. The minimum Gasteiger partial charge on any atom is -0.481 e. The molecule has 186 valence electrons. The number of amides is 2. The summed E-state index contributed by atoms with van der Waals surface area (Å²) in [5, 5.41) is 15.2. The third kappa shape index (κ3) is 5.19. The van der Waals surface area contributed by atoms with Gasteiger partial charge in [-0.25, -0.2) is 4.79 Å². The van der Waals surface area contributed by atoms with E-state index in [2.05, 4.69) is 29.7 Å². The summed E-state index contributed by atoms with van der Waals surface area (Å²) in [5.74, 6) is -0.828. The number of hydrogen-bond acceptors (Lipinski definition) is 4. The SMILES string of the molecule is CCC(NC(=O)OCC1c2ccccc2-c2ccccc21)C(=O)NCC1(C(=O)O)CCC(C)CC1. The van der Waals surface area contributed by atoms with Gasteiger partial charge in [-0.05, 0) is 60.3 Å². The van der Waals surface area contributed by atoms with Gasteiger partial charge in [0.15, 0.2) is 0 Å². The Bertz CT molecular complexity index is 1040. The number of rotatable bonds is 8. The molecule has 3 N–H and O–H groups in total. The summed E-state index contributed by atoms with van der Waals surface area (Å²) in [5.41, 5.74) is 3.59. The predicted octanol–water partition coefficient (Wildman–Crippen LogP) is 4.70. The molecule has 2 aliphatic rings. The normalized spacial score (nSPS) is 21.9. The van der Waals surface area contributed by atoms with Crippen LogP contribution in [-0.2, 0) is 14.3 Å². The second-order valence-corrected chi connectivity index (χ2v) is 9.92. The topological polar surface area (TPSA) is 105 Å². The van der Waals surface area contributed by atoms with Crippen LogP contribution in [0.2, 0.25) is 0 Å². The molecule has 7 nitrogen and oxygen atoms in total. The monoisotopic (exact) mass is 478 g/mol. The van der Waals surface area contributed by atoms with E-state index in [9.17, 15) is 19.5 Å². The van der Waals surface area contributed by atoms with Gasteiger partial charge < -0.3 is 20.5 Å². The second kappa shape index (κ2) is 10.5. The Balaban J connectivity index is 1.33. The molecule has 0 radical (unpaired) electrons. The Morgan fingerprint density at radius 2 is 1.60 bits per heavy atom. The number of carboxylic acids is 1. The van der Waals surface area contributed by atoms with Crippen molar-refractivity contribution in [2.24, 2.45) is 11.3 Å². The van der Waals surface area contributed by atoms with Crippen molar-refractivity contribution >= 4 is 18.0 Å². The molecule has 1 unspecified atom stereocenters. The van der Waals surface area contributed by atoms with Gasteiger partial charge in [-0.15, -0.1) is 0 Å². The zero-order chi connectivity index (χ0) is 25.0. The van der Waals surface area contributed by atoms with Crippen molar-refractivity contribution in [3.05, 3.63) is 59.7 Å². The van der Waals surface area contributed by atoms with Crippen molar-refractivity contribution in [1.82, 2.24) is 10.6 Å². The van der Waals surface area contributed by atoms with Gasteiger partial charge in [0.25, 0.3) is 0 Å². The van der Waals surface area contributed by atoms with Gasteiger partial charge in [-0.1, -0.05) is 62.4 Å². The van der Waals surface area contributed by atoms with E-state index in [1.165, 1.54) is 0 Å². The van der Waals surface area contributed by atoms with Crippen molar-refractivity contribution in [2.45, 2.75) is 57.9 Å². The quantitative estimate of drug-likeness (QED) is 0.510. The highest BCUT2D eigenvalue weighted by atomic mass is 16.5. The van der Waals surface area contributed by atoms with E-state index < -0.39 is 23.5 Å². The fraction of sp³-hybridized carbons (Fsp3) is 0.464. The number of hydrogen-bond donors (Lipinski definition) is 3. The third-order valence-electron chi connectivity index (χ3n) is 7.65. The number of nitrogens with one attached hydrogen (secondary N) is 2. The van der Waals surface area contributed by atoms with E-state index in [-0.39, 0.29) is 25.0 Å². The maximum atomic E-state index is 12.8. The molecule has 0 spiro atoms. The number of alkyl carbamates (subject to hydrolysis) is 1. The van der Waals surface area contributed by atoms with E-state index in [0.717, 1.165) is 35.1 Å². The molecule has 1 atom stereocenters. The number of ether oxygens (including phenoxy) is 1. The van der Waals surface area contributed by atoms with Gasteiger partial charge in [-0.3, -0.25) is 9.59 Å². The smallest absolute Gasteiger partial charge is 0.407 e. The van der Waals surface area contributed by atoms with Gasteiger partial charge in [0.2, 0.25) is 5.91 Å². The summed E-state index contributed by atoms with van der Waals surface area (Å²) in [6.07, 6.45) is 2.45. The average Bonchev–Trinajstić information content (AvgIpc) is 3.19. The van der Waals surface area contributed by atoms with E-state index in [4.69, 9.17) is 4.74 Å². The lowest BCUT2D eigenvalue weighted by Gasteiger charge is -2.36. The molecule has 0 saturated heterocycles. The molecule has 1 saturated carbocycles. The Hall–Kier alpha value is -3.35. The number of carboxylic acid groups (broad SMARTS) is 1. The lowest BCUT2D eigenvalue weighted by atomic mass is 9.71. The van der Waals surface area contributed by atoms with Crippen molar-refractivity contribution in [3.8, 4) is 11.1 Å². The second-order valence-electron chi connectivity index (χ2n) is 9.92. The van der Waals surface area contributed by atoms with Crippen molar-refractivity contribution in [1.29, 1.82) is 0 Å². The number of fused-ring (bicyclic) bond motifs is 3. The maximum absolute atomic E-state index is 12.8.